The molecule has 0 saturated heterocycles. The van der Waals surface area contributed by atoms with Crippen LogP contribution in [0.5, 0.6) is 0 Å². The van der Waals surface area contributed by atoms with Crippen LogP contribution in [0, 0.1) is 0 Å². The van der Waals surface area contributed by atoms with E-state index in [1.54, 1.807) is 0 Å². The molecule has 1 nitrogen and oxygen atoms in total. The molecule has 1 atom stereocenters. The Balaban J connectivity index is 3.15. The van der Waals surface area contributed by atoms with Gasteiger partial charge in [-0.05, 0) is 32.5 Å². The summed E-state index contributed by atoms with van der Waals surface area (Å²) in [7, 11) is -1.24. The fraction of sp³-hybridized carbons (Fsp3) is 1.00. The molecule has 0 aliphatic carbocycles. The van der Waals surface area contributed by atoms with Crippen molar-refractivity contribution in [1.82, 2.24) is 0 Å². The molecule has 0 fully saturated rings. The van der Waals surface area contributed by atoms with E-state index in [9.17, 15) is 0 Å². The average Bonchev–Trinajstić information content (AvgIpc) is 1.78. The van der Waals surface area contributed by atoms with Gasteiger partial charge in [-0.3, -0.25) is 0 Å². The molecule has 0 amide bonds. The summed E-state index contributed by atoms with van der Waals surface area (Å²) in [6.07, 6.45) is 2.39. The van der Waals surface area contributed by atoms with Crippen molar-refractivity contribution < 1.29 is 4.43 Å². The maximum Gasteiger partial charge on any atom is 0.183 e. The standard InChI is InChI=1S/C8H19BrOSi/c1-8(9)6-5-7-10-11(2,3)4/h8H,5-7H2,1-4H3. The highest BCUT2D eigenvalue weighted by Gasteiger charge is 2.13. The molecule has 0 radical (unpaired) electrons. The third kappa shape index (κ3) is 10.7. The van der Waals surface area contributed by atoms with Crippen LogP contribution >= 0.6 is 15.9 Å². The predicted molar refractivity (Wildman–Crippen MR) is 56.9 cm³/mol. The molecule has 0 bridgehead atoms. The van der Waals surface area contributed by atoms with E-state index >= 15 is 0 Å². The van der Waals surface area contributed by atoms with Crippen LogP contribution in [0.2, 0.25) is 19.6 Å². The van der Waals surface area contributed by atoms with E-state index in [0.29, 0.717) is 4.83 Å². The molecular weight excluding hydrogens is 220 g/mol. The van der Waals surface area contributed by atoms with Gasteiger partial charge in [0.05, 0.1) is 0 Å². The summed E-state index contributed by atoms with van der Waals surface area (Å²) in [6.45, 7) is 9.79. The Hall–Kier alpha value is 0.657. The highest BCUT2D eigenvalue weighted by molar-refractivity contribution is 9.09. The zero-order valence-corrected chi connectivity index (χ0v) is 10.6. The first-order valence-corrected chi connectivity index (χ1v) is 8.52. The highest BCUT2D eigenvalue weighted by atomic mass is 79.9. The summed E-state index contributed by atoms with van der Waals surface area (Å²) in [5.74, 6) is 0. The van der Waals surface area contributed by atoms with E-state index in [1.165, 1.54) is 12.8 Å². The van der Waals surface area contributed by atoms with E-state index in [0.717, 1.165) is 6.61 Å². The molecular formula is C8H19BrOSi. The molecule has 0 aromatic carbocycles. The first kappa shape index (κ1) is 11.7. The molecule has 0 saturated carbocycles. The zero-order chi connectivity index (χ0) is 8.91. The molecule has 0 aromatic heterocycles. The number of hydrogen-bond donors (Lipinski definition) is 0. The van der Waals surface area contributed by atoms with Crippen LogP contribution < -0.4 is 0 Å². The van der Waals surface area contributed by atoms with Gasteiger partial charge in [0.25, 0.3) is 0 Å². The SMILES string of the molecule is CC(Br)CCCO[Si](C)(C)C. The largest absolute Gasteiger partial charge is 0.418 e. The molecule has 0 heterocycles. The fourth-order valence-corrected chi connectivity index (χ4v) is 1.82. The van der Waals surface area contributed by atoms with Crippen LogP contribution in [-0.4, -0.2) is 19.8 Å². The summed E-state index contributed by atoms with van der Waals surface area (Å²) in [4.78, 5) is 0.632. The van der Waals surface area contributed by atoms with Gasteiger partial charge >= 0.3 is 0 Å². The van der Waals surface area contributed by atoms with Crippen molar-refractivity contribution in [3.8, 4) is 0 Å². The van der Waals surface area contributed by atoms with Crippen molar-refractivity contribution >= 4 is 24.2 Å². The van der Waals surface area contributed by atoms with Gasteiger partial charge in [0.15, 0.2) is 8.32 Å². The summed E-state index contributed by atoms with van der Waals surface area (Å²) < 4.78 is 5.70. The Morgan fingerprint density at radius 2 is 1.91 bits per heavy atom. The van der Waals surface area contributed by atoms with Crippen molar-refractivity contribution in [1.29, 1.82) is 0 Å². The fourth-order valence-electron chi connectivity index (χ4n) is 0.743. The van der Waals surface area contributed by atoms with Crippen LogP contribution in [0.15, 0.2) is 0 Å². The van der Waals surface area contributed by atoms with Crippen LogP contribution in [-0.2, 0) is 4.43 Å². The first-order valence-electron chi connectivity index (χ1n) is 4.20. The van der Waals surface area contributed by atoms with E-state index in [1.807, 2.05) is 0 Å². The average molecular weight is 239 g/mol. The second-order valence-corrected chi connectivity index (χ2v) is 9.96. The maximum atomic E-state index is 5.70. The molecule has 0 aromatic rings. The number of hydrogen-bond acceptors (Lipinski definition) is 1. The van der Waals surface area contributed by atoms with Crippen LogP contribution in [0.1, 0.15) is 19.8 Å². The Kier molecular flexibility index (Phi) is 5.65. The lowest BCUT2D eigenvalue weighted by atomic mass is 10.3. The molecule has 68 valence electrons. The molecule has 0 rings (SSSR count). The lowest BCUT2D eigenvalue weighted by Crippen LogP contribution is -2.25. The van der Waals surface area contributed by atoms with Crippen molar-refractivity contribution in [3.63, 3.8) is 0 Å². The summed E-state index contributed by atoms with van der Waals surface area (Å²) in [6, 6.07) is 0. The van der Waals surface area contributed by atoms with Gasteiger partial charge in [-0.2, -0.15) is 0 Å². The second kappa shape index (κ2) is 5.33. The monoisotopic (exact) mass is 238 g/mol. The van der Waals surface area contributed by atoms with Crippen LogP contribution in [0.3, 0.4) is 0 Å². The third-order valence-corrected chi connectivity index (χ3v) is 2.81. The van der Waals surface area contributed by atoms with Crippen LogP contribution in [0.4, 0.5) is 0 Å². The second-order valence-electron chi connectivity index (χ2n) is 3.88. The molecule has 0 aliphatic heterocycles. The van der Waals surface area contributed by atoms with Gasteiger partial charge in [-0.15, -0.1) is 0 Å². The minimum absolute atomic E-state index is 0.632. The highest BCUT2D eigenvalue weighted by Crippen LogP contribution is 2.08. The Labute approximate surface area is 79.8 Å². The van der Waals surface area contributed by atoms with Gasteiger partial charge in [0, 0.05) is 11.4 Å². The number of alkyl halides is 1. The number of halogens is 1. The number of rotatable bonds is 5. The van der Waals surface area contributed by atoms with Crippen molar-refractivity contribution in [2.45, 2.75) is 44.2 Å². The maximum absolute atomic E-state index is 5.70. The molecule has 3 heteroatoms. The topological polar surface area (TPSA) is 9.23 Å². The van der Waals surface area contributed by atoms with Gasteiger partial charge in [-0.25, -0.2) is 0 Å². The smallest absolute Gasteiger partial charge is 0.183 e. The van der Waals surface area contributed by atoms with E-state index < -0.39 is 8.32 Å². The van der Waals surface area contributed by atoms with E-state index in [2.05, 4.69) is 42.5 Å². The van der Waals surface area contributed by atoms with Crippen molar-refractivity contribution in [2.75, 3.05) is 6.61 Å². The van der Waals surface area contributed by atoms with Gasteiger partial charge < -0.3 is 4.43 Å². The molecule has 0 aliphatic rings. The van der Waals surface area contributed by atoms with E-state index in [4.69, 9.17) is 4.43 Å². The van der Waals surface area contributed by atoms with Crippen LogP contribution in [0.25, 0.3) is 0 Å². The minimum Gasteiger partial charge on any atom is -0.418 e. The molecule has 11 heavy (non-hydrogen) atoms. The normalized spacial score (nSPS) is 15.0. The molecule has 0 spiro atoms. The quantitative estimate of drug-likeness (QED) is 0.406. The van der Waals surface area contributed by atoms with Crippen molar-refractivity contribution in [2.24, 2.45) is 0 Å². The van der Waals surface area contributed by atoms with Gasteiger partial charge in [-0.1, -0.05) is 22.9 Å². The van der Waals surface area contributed by atoms with Gasteiger partial charge in [0.1, 0.15) is 0 Å². The minimum atomic E-state index is -1.24. The Bertz CT molecular complexity index is 98.8. The van der Waals surface area contributed by atoms with E-state index in [-0.39, 0.29) is 0 Å². The summed E-state index contributed by atoms with van der Waals surface area (Å²) >= 11 is 3.51. The third-order valence-electron chi connectivity index (χ3n) is 1.28. The Morgan fingerprint density at radius 1 is 1.36 bits per heavy atom. The summed E-state index contributed by atoms with van der Waals surface area (Å²) in [5.41, 5.74) is 0. The van der Waals surface area contributed by atoms with Gasteiger partial charge in [0.2, 0.25) is 0 Å². The zero-order valence-electron chi connectivity index (χ0n) is 7.98. The summed E-state index contributed by atoms with van der Waals surface area (Å²) in [5, 5.41) is 0. The van der Waals surface area contributed by atoms with Crippen molar-refractivity contribution in [3.05, 3.63) is 0 Å². The first-order chi connectivity index (χ1) is 4.92. The molecule has 1 unspecified atom stereocenters. The lowest BCUT2D eigenvalue weighted by Gasteiger charge is -2.17. The predicted octanol–water partition coefficient (Wildman–Crippen LogP) is 3.40. The lowest BCUT2D eigenvalue weighted by molar-refractivity contribution is 0.301. The molecule has 0 N–H and O–H groups in total. The Morgan fingerprint density at radius 3 is 2.27 bits per heavy atom.